The Hall–Kier alpha value is -2.81. The lowest BCUT2D eigenvalue weighted by molar-refractivity contribution is -0.134. The summed E-state index contributed by atoms with van der Waals surface area (Å²) in [5.41, 5.74) is 6.49. The smallest absolute Gasteiger partial charge is 0.254 e. The normalized spacial score (nSPS) is 18.9. The van der Waals surface area contributed by atoms with Crippen LogP contribution < -0.4 is 15.4 Å². The largest absolute Gasteiger partial charge is 0.489 e. The summed E-state index contributed by atoms with van der Waals surface area (Å²) in [6, 6.07) is 5.15. The molecule has 0 bridgehead atoms. The average molecular weight is 390 g/mol. The van der Waals surface area contributed by atoms with Crippen molar-refractivity contribution in [3.8, 4) is 5.75 Å². The zero-order valence-electron chi connectivity index (χ0n) is 16.2. The van der Waals surface area contributed by atoms with Gasteiger partial charge in [0.05, 0.1) is 37.9 Å². The Morgan fingerprint density at radius 3 is 2.64 bits per heavy atom. The van der Waals surface area contributed by atoms with Gasteiger partial charge in [-0.2, -0.15) is 0 Å². The van der Waals surface area contributed by atoms with Gasteiger partial charge in [0.25, 0.3) is 5.91 Å². The van der Waals surface area contributed by atoms with Crippen LogP contribution in [0.2, 0.25) is 0 Å². The maximum Gasteiger partial charge on any atom is 0.254 e. The molecule has 1 atom stereocenters. The quantitative estimate of drug-likeness (QED) is 0.739. The van der Waals surface area contributed by atoms with E-state index in [0.29, 0.717) is 44.2 Å². The maximum absolute atomic E-state index is 12.7. The van der Waals surface area contributed by atoms with Crippen molar-refractivity contribution in [2.45, 2.75) is 12.5 Å². The van der Waals surface area contributed by atoms with Crippen molar-refractivity contribution in [2.75, 3.05) is 58.5 Å². The Morgan fingerprint density at radius 2 is 1.96 bits per heavy atom. The minimum absolute atomic E-state index is 0.0427. The molecule has 0 radical (unpaired) electrons. The van der Waals surface area contributed by atoms with Crippen LogP contribution in [-0.2, 0) is 14.3 Å². The molecule has 152 valence electrons. The van der Waals surface area contributed by atoms with E-state index in [1.807, 2.05) is 11.9 Å². The molecule has 1 aromatic rings. The van der Waals surface area contributed by atoms with Gasteiger partial charge in [0, 0.05) is 32.7 Å². The molecule has 28 heavy (non-hydrogen) atoms. The Labute approximate surface area is 163 Å². The highest BCUT2D eigenvalue weighted by molar-refractivity contribution is 5.96. The number of nitrogens with two attached hydrogens (primary N) is 1. The van der Waals surface area contributed by atoms with Crippen LogP contribution in [0.1, 0.15) is 16.8 Å². The number of benzene rings is 1. The number of amides is 3. The van der Waals surface area contributed by atoms with Crippen molar-refractivity contribution in [1.82, 2.24) is 9.80 Å². The standard InChI is InChI=1S/C19H26N4O5/c1-21(11-17(20)24)18(25)10-14-12-28-16-4-3-13(9-15(16)22(14)2)19(26)23-5-7-27-8-6-23/h3-4,9,14H,5-8,10-12H2,1-2H3,(H2,20,24)/t14-/m1/s1. The van der Waals surface area contributed by atoms with Crippen LogP contribution in [-0.4, -0.2) is 87.1 Å². The Balaban J connectivity index is 1.72. The molecule has 1 fully saturated rings. The molecule has 1 aromatic carbocycles. The van der Waals surface area contributed by atoms with Crippen LogP contribution in [0.5, 0.6) is 5.75 Å². The second kappa shape index (κ2) is 8.47. The molecule has 0 saturated carbocycles. The molecule has 9 heteroatoms. The van der Waals surface area contributed by atoms with Crippen LogP contribution in [0, 0.1) is 0 Å². The summed E-state index contributed by atoms with van der Waals surface area (Å²) in [6.07, 6.45) is 0.182. The number of likely N-dealkylation sites (N-methyl/N-ethyl adjacent to an activating group) is 2. The van der Waals surface area contributed by atoms with Gasteiger partial charge >= 0.3 is 0 Å². The number of fused-ring (bicyclic) bond motifs is 1. The third kappa shape index (κ3) is 4.36. The summed E-state index contributed by atoms with van der Waals surface area (Å²) in [5.74, 6) is -0.113. The van der Waals surface area contributed by atoms with E-state index in [1.165, 1.54) is 4.90 Å². The maximum atomic E-state index is 12.7. The first-order chi connectivity index (χ1) is 13.4. The van der Waals surface area contributed by atoms with Crippen LogP contribution in [0.25, 0.3) is 0 Å². The van der Waals surface area contributed by atoms with Crippen LogP contribution in [0.4, 0.5) is 5.69 Å². The highest BCUT2D eigenvalue weighted by Gasteiger charge is 2.29. The molecule has 1 saturated heterocycles. The second-order valence-electron chi connectivity index (χ2n) is 7.08. The van der Waals surface area contributed by atoms with E-state index >= 15 is 0 Å². The van der Waals surface area contributed by atoms with Gasteiger partial charge in [0.15, 0.2) is 0 Å². The van der Waals surface area contributed by atoms with Crippen molar-refractivity contribution in [3.63, 3.8) is 0 Å². The monoisotopic (exact) mass is 390 g/mol. The lowest BCUT2D eigenvalue weighted by Gasteiger charge is -2.36. The lowest BCUT2D eigenvalue weighted by atomic mass is 10.1. The molecule has 2 aliphatic rings. The number of hydrogen-bond donors (Lipinski definition) is 1. The summed E-state index contributed by atoms with van der Waals surface area (Å²) in [5, 5.41) is 0. The third-order valence-corrected chi connectivity index (χ3v) is 5.09. The summed E-state index contributed by atoms with van der Waals surface area (Å²) >= 11 is 0. The fraction of sp³-hybridized carbons (Fsp3) is 0.526. The predicted molar refractivity (Wildman–Crippen MR) is 102 cm³/mol. The Bertz CT molecular complexity index is 763. The van der Waals surface area contributed by atoms with Gasteiger partial charge < -0.3 is 29.9 Å². The number of morpholine rings is 1. The van der Waals surface area contributed by atoms with Crippen LogP contribution in [0.15, 0.2) is 18.2 Å². The summed E-state index contributed by atoms with van der Waals surface area (Å²) in [7, 11) is 3.42. The molecule has 3 amide bonds. The SMILES string of the molecule is CN(CC(N)=O)C(=O)C[C@@H]1COc2ccc(C(=O)N3CCOCC3)cc2N1C. The molecule has 0 unspecified atom stereocenters. The molecular formula is C19H26N4O5. The minimum Gasteiger partial charge on any atom is -0.489 e. The van der Waals surface area contributed by atoms with Crippen LogP contribution >= 0.6 is 0 Å². The van der Waals surface area contributed by atoms with E-state index in [1.54, 1.807) is 30.1 Å². The zero-order chi connectivity index (χ0) is 20.3. The van der Waals surface area contributed by atoms with Gasteiger partial charge in [0.1, 0.15) is 12.4 Å². The number of anilines is 1. The number of carbonyl (C=O) groups is 3. The number of nitrogens with zero attached hydrogens (tertiary/aromatic N) is 3. The van der Waals surface area contributed by atoms with E-state index in [4.69, 9.17) is 15.2 Å². The van der Waals surface area contributed by atoms with Crippen molar-refractivity contribution < 1.29 is 23.9 Å². The highest BCUT2D eigenvalue weighted by Crippen LogP contribution is 2.35. The van der Waals surface area contributed by atoms with Crippen molar-refractivity contribution in [1.29, 1.82) is 0 Å². The summed E-state index contributed by atoms with van der Waals surface area (Å²) in [6.45, 7) is 2.46. The topological polar surface area (TPSA) is 105 Å². The van der Waals surface area contributed by atoms with Crippen LogP contribution in [0.3, 0.4) is 0 Å². The molecule has 9 nitrogen and oxygen atoms in total. The molecule has 2 N–H and O–H groups in total. The molecule has 0 spiro atoms. The lowest BCUT2D eigenvalue weighted by Crippen LogP contribution is -2.45. The third-order valence-electron chi connectivity index (χ3n) is 5.09. The first kappa shape index (κ1) is 19.9. The van der Waals surface area contributed by atoms with E-state index in [0.717, 1.165) is 5.69 Å². The second-order valence-corrected chi connectivity index (χ2v) is 7.08. The molecule has 3 rings (SSSR count). The molecule has 0 aromatic heterocycles. The minimum atomic E-state index is -0.555. The number of carbonyl (C=O) groups excluding carboxylic acids is 3. The van der Waals surface area contributed by atoms with Gasteiger partial charge in [-0.3, -0.25) is 14.4 Å². The predicted octanol–water partition coefficient (Wildman–Crippen LogP) is -0.310. The fourth-order valence-electron chi connectivity index (χ4n) is 3.37. The van der Waals surface area contributed by atoms with Gasteiger partial charge in [-0.05, 0) is 18.2 Å². The van der Waals surface area contributed by atoms with Gasteiger partial charge in [0.2, 0.25) is 11.8 Å². The van der Waals surface area contributed by atoms with Gasteiger partial charge in [-0.25, -0.2) is 0 Å². The summed E-state index contributed by atoms with van der Waals surface area (Å²) < 4.78 is 11.1. The van der Waals surface area contributed by atoms with Gasteiger partial charge in [-0.1, -0.05) is 0 Å². The number of hydrogen-bond acceptors (Lipinski definition) is 6. The molecule has 0 aliphatic carbocycles. The number of primary amides is 1. The first-order valence-corrected chi connectivity index (χ1v) is 9.25. The summed E-state index contributed by atoms with van der Waals surface area (Å²) in [4.78, 5) is 41.1. The average Bonchev–Trinajstić information content (AvgIpc) is 2.69. The number of ether oxygens (including phenoxy) is 2. The molecular weight excluding hydrogens is 364 g/mol. The van der Waals surface area contributed by atoms with E-state index in [-0.39, 0.29) is 30.8 Å². The Morgan fingerprint density at radius 1 is 1.25 bits per heavy atom. The van der Waals surface area contributed by atoms with Crippen molar-refractivity contribution in [2.24, 2.45) is 5.73 Å². The van der Waals surface area contributed by atoms with Gasteiger partial charge in [-0.15, -0.1) is 0 Å². The van der Waals surface area contributed by atoms with E-state index in [9.17, 15) is 14.4 Å². The highest BCUT2D eigenvalue weighted by atomic mass is 16.5. The number of rotatable bonds is 5. The zero-order valence-corrected chi connectivity index (χ0v) is 16.2. The van der Waals surface area contributed by atoms with Crippen molar-refractivity contribution in [3.05, 3.63) is 23.8 Å². The van der Waals surface area contributed by atoms with E-state index in [2.05, 4.69) is 0 Å². The molecule has 2 heterocycles. The Kier molecular flexibility index (Phi) is 6.03. The van der Waals surface area contributed by atoms with E-state index < -0.39 is 5.91 Å². The molecule has 2 aliphatic heterocycles. The fourth-order valence-corrected chi connectivity index (χ4v) is 3.37. The van der Waals surface area contributed by atoms with Crippen molar-refractivity contribution >= 4 is 23.4 Å². The first-order valence-electron chi connectivity index (χ1n) is 9.25.